The molecule has 0 fully saturated rings. The van der Waals surface area contributed by atoms with E-state index in [1.807, 2.05) is 37.3 Å². The lowest BCUT2D eigenvalue weighted by atomic mass is 9.72. The van der Waals surface area contributed by atoms with Crippen LogP contribution in [0.2, 0.25) is 5.02 Å². The number of hydrogen-bond acceptors (Lipinski definition) is 3. The van der Waals surface area contributed by atoms with Crippen molar-refractivity contribution in [2.45, 2.75) is 53.6 Å². The van der Waals surface area contributed by atoms with Crippen LogP contribution in [-0.4, -0.2) is 12.0 Å². The van der Waals surface area contributed by atoms with E-state index in [4.69, 9.17) is 21.7 Å². The van der Waals surface area contributed by atoms with Crippen LogP contribution in [-0.2, 0) is 6.61 Å². The molecule has 0 aromatic heterocycles. The van der Waals surface area contributed by atoms with Crippen LogP contribution in [0.15, 0.2) is 48.5 Å². The van der Waals surface area contributed by atoms with E-state index in [-0.39, 0.29) is 11.2 Å². The molecule has 0 saturated heterocycles. The van der Waals surface area contributed by atoms with Gasteiger partial charge < -0.3 is 10.1 Å². The molecule has 2 aromatic carbocycles. The minimum Gasteiger partial charge on any atom is -0.487 e. The first-order valence-corrected chi connectivity index (χ1v) is 10.0. The molecule has 0 heterocycles. The second-order valence-corrected chi connectivity index (χ2v) is 9.19. The average molecular weight is 400 g/mol. The van der Waals surface area contributed by atoms with E-state index in [2.05, 4.69) is 20.8 Å². The van der Waals surface area contributed by atoms with Crippen LogP contribution < -0.4 is 4.74 Å². The largest absolute Gasteiger partial charge is 0.487 e. The van der Waals surface area contributed by atoms with Crippen molar-refractivity contribution in [3.05, 3.63) is 64.7 Å². The standard InChI is InChI=1S/C24H30ClNO2/c1-23(2,3)12-13-24(4,14-15-26)22(27)19-10-11-20(25)21(16-19)28-17-18-8-6-5-7-9-18/h5-11,15-16,26H,12-14,17H2,1-4H3. The van der Waals surface area contributed by atoms with Gasteiger partial charge in [0.1, 0.15) is 12.4 Å². The van der Waals surface area contributed by atoms with Crippen molar-refractivity contribution >= 4 is 23.6 Å². The second-order valence-electron chi connectivity index (χ2n) is 8.78. The summed E-state index contributed by atoms with van der Waals surface area (Å²) in [4.78, 5) is 13.3. The number of ether oxygens (including phenoxy) is 1. The molecule has 1 atom stereocenters. The topological polar surface area (TPSA) is 50.2 Å². The summed E-state index contributed by atoms with van der Waals surface area (Å²) in [6.45, 7) is 8.84. The van der Waals surface area contributed by atoms with E-state index < -0.39 is 5.41 Å². The zero-order chi connectivity index (χ0) is 20.8. The molecule has 1 N–H and O–H groups in total. The molecule has 0 aliphatic rings. The lowest BCUT2D eigenvalue weighted by Gasteiger charge is -2.30. The first-order chi connectivity index (χ1) is 13.1. The van der Waals surface area contributed by atoms with Crippen molar-refractivity contribution in [1.82, 2.24) is 0 Å². The third kappa shape index (κ3) is 6.20. The first kappa shape index (κ1) is 22.2. The maximum absolute atomic E-state index is 13.3. The number of Topliss-reactive ketones (excluding diaryl/α,β-unsaturated/α-hetero) is 1. The maximum atomic E-state index is 13.3. The summed E-state index contributed by atoms with van der Waals surface area (Å²) in [5.74, 6) is 0.533. The lowest BCUT2D eigenvalue weighted by Crippen LogP contribution is -2.30. The summed E-state index contributed by atoms with van der Waals surface area (Å²) >= 11 is 6.29. The van der Waals surface area contributed by atoms with Crippen molar-refractivity contribution in [3.63, 3.8) is 0 Å². The molecular weight excluding hydrogens is 370 g/mol. The van der Waals surface area contributed by atoms with Crippen molar-refractivity contribution in [2.75, 3.05) is 0 Å². The minimum absolute atomic E-state index is 0.0291. The Labute approximate surface area is 173 Å². The summed E-state index contributed by atoms with van der Waals surface area (Å²) in [7, 11) is 0. The molecule has 150 valence electrons. The molecule has 28 heavy (non-hydrogen) atoms. The SMILES string of the molecule is CC(C)(C)CCC(C)(CC=N)C(=O)c1ccc(Cl)c(OCc2ccccc2)c1. The van der Waals surface area contributed by atoms with Crippen LogP contribution in [0, 0.1) is 16.2 Å². The van der Waals surface area contributed by atoms with Crippen LogP contribution in [0.5, 0.6) is 5.75 Å². The van der Waals surface area contributed by atoms with E-state index in [1.54, 1.807) is 18.2 Å². The molecule has 2 rings (SSSR count). The number of ketones is 1. The number of rotatable bonds is 9. The smallest absolute Gasteiger partial charge is 0.169 e. The number of carbonyl (C=O) groups is 1. The van der Waals surface area contributed by atoms with Crippen LogP contribution >= 0.6 is 11.6 Å². The van der Waals surface area contributed by atoms with E-state index in [9.17, 15) is 4.79 Å². The quantitative estimate of drug-likeness (QED) is 0.365. The number of nitrogens with one attached hydrogen (secondary N) is 1. The first-order valence-electron chi connectivity index (χ1n) is 9.65. The van der Waals surface area contributed by atoms with Crippen molar-refractivity contribution < 1.29 is 9.53 Å². The Morgan fingerprint density at radius 3 is 2.36 bits per heavy atom. The van der Waals surface area contributed by atoms with Crippen molar-refractivity contribution in [2.24, 2.45) is 10.8 Å². The Balaban J connectivity index is 2.22. The van der Waals surface area contributed by atoms with Gasteiger partial charge in [-0.1, -0.05) is 69.6 Å². The van der Waals surface area contributed by atoms with E-state index >= 15 is 0 Å². The number of carbonyl (C=O) groups excluding carboxylic acids is 1. The lowest BCUT2D eigenvalue weighted by molar-refractivity contribution is 0.0793. The van der Waals surface area contributed by atoms with E-state index in [1.165, 1.54) is 6.21 Å². The maximum Gasteiger partial charge on any atom is 0.169 e. The Hall–Kier alpha value is -2.13. The Morgan fingerprint density at radius 1 is 1.07 bits per heavy atom. The van der Waals surface area contributed by atoms with E-state index in [0.29, 0.717) is 29.4 Å². The number of halogens is 1. The van der Waals surface area contributed by atoms with Crippen molar-refractivity contribution in [3.8, 4) is 5.75 Å². The average Bonchev–Trinajstić information content (AvgIpc) is 2.66. The minimum atomic E-state index is -0.612. The summed E-state index contributed by atoms with van der Waals surface area (Å²) < 4.78 is 5.87. The van der Waals surface area contributed by atoms with Gasteiger partial charge in [0.25, 0.3) is 0 Å². The summed E-state index contributed by atoms with van der Waals surface area (Å²) in [6, 6.07) is 15.0. The summed E-state index contributed by atoms with van der Waals surface area (Å²) in [5.41, 5.74) is 1.13. The predicted octanol–water partition coefficient (Wildman–Crippen LogP) is 6.97. The van der Waals surface area contributed by atoms with Gasteiger partial charge in [0.2, 0.25) is 0 Å². The van der Waals surface area contributed by atoms with Crippen LogP contribution in [0.3, 0.4) is 0 Å². The second kappa shape index (κ2) is 9.38. The highest BCUT2D eigenvalue weighted by Gasteiger charge is 2.34. The third-order valence-corrected chi connectivity index (χ3v) is 5.27. The molecule has 0 radical (unpaired) electrons. The van der Waals surface area contributed by atoms with Crippen LogP contribution in [0.25, 0.3) is 0 Å². The van der Waals surface area contributed by atoms with Gasteiger partial charge in [-0.25, -0.2) is 0 Å². The molecule has 1 unspecified atom stereocenters. The fourth-order valence-corrected chi connectivity index (χ4v) is 3.20. The highest BCUT2D eigenvalue weighted by molar-refractivity contribution is 6.32. The van der Waals surface area contributed by atoms with Gasteiger partial charge in [0.05, 0.1) is 5.02 Å². The monoisotopic (exact) mass is 399 g/mol. The molecule has 2 aromatic rings. The van der Waals surface area contributed by atoms with Crippen LogP contribution in [0.4, 0.5) is 0 Å². The fourth-order valence-electron chi connectivity index (χ4n) is 3.02. The van der Waals surface area contributed by atoms with Gasteiger partial charge in [-0.3, -0.25) is 4.79 Å². The molecule has 0 saturated carbocycles. The van der Waals surface area contributed by atoms with E-state index in [0.717, 1.165) is 18.4 Å². The van der Waals surface area contributed by atoms with Crippen LogP contribution in [0.1, 0.15) is 62.9 Å². The van der Waals surface area contributed by atoms with Gasteiger partial charge in [-0.2, -0.15) is 0 Å². The third-order valence-electron chi connectivity index (χ3n) is 4.96. The van der Waals surface area contributed by atoms with Gasteiger partial charge in [-0.05, 0) is 54.7 Å². The summed E-state index contributed by atoms with van der Waals surface area (Å²) in [6.07, 6.45) is 3.40. The Morgan fingerprint density at radius 2 is 1.75 bits per heavy atom. The molecule has 0 aliphatic heterocycles. The Kier molecular flexibility index (Phi) is 7.42. The van der Waals surface area contributed by atoms with Gasteiger partial charge in [0.15, 0.2) is 5.78 Å². The van der Waals surface area contributed by atoms with Crippen molar-refractivity contribution in [1.29, 1.82) is 5.41 Å². The Bertz CT molecular complexity index is 811. The predicted molar refractivity (Wildman–Crippen MR) is 117 cm³/mol. The molecule has 0 spiro atoms. The zero-order valence-corrected chi connectivity index (χ0v) is 18.0. The molecule has 3 nitrogen and oxygen atoms in total. The molecule has 0 aliphatic carbocycles. The molecule has 4 heteroatoms. The molecule has 0 amide bonds. The number of hydrogen-bond donors (Lipinski definition) is 1. The normalized spacial score (nSPS) is 13.6. The summed E-state index contributed by atoms with van der Waals surface area (Å²) in [5, 5.41) is 8.05. The van der Waals surface area contributed by atoms with Gasteiger partial charge in [-0.15, -0.1) is 0 Å². The highest BCUT2D eigenvalue weighted by atomic mass is 35.5. The van der Waals surface area contributed by atoms with Gasteiger partial charge in [0, 0.05) is 11.0 Å². The number of benzene rings is 2. The highest BCUT2D eigenvalue weighted by Crippen LogP contribution is 2.37. The molecular formula is C24H30ClNO2. The molecule has 0 bridgehead atoms. The zero-order valence-electron chi connectivity index (χ0n) is 17.2. The van der Waals surface area contributed by atoms with Gasteiger partial charge >= 0.3 is 0 Å². The fraction of sp³-hybridized carbons (Fsp3) is 0.417.